The number of amides is 1. The van der Waals surface area contributed by atoms with Crippen LogP contribution < -0.4 is 5.73 Å². The summed E-state index contributed by atoms with van der Waals surface area (Å²) in [5.74, 6) is 0.512. The molecule has 2 aliphatic rings. The van der Waals surface area contributed by atoms with Crippen molar-refractivity contribution in [1.82, 2.24) is 9.80 Å². The number of hydrogen-bond donors (Lipinski definition) is 1. The van der Waals surface area contributed by atoms with E-state index in [0.29, 0.717) is 11.9 Å². The average Bonchev–Trinajstić information content (AvgIpc) is 2.38. The standard InChI is InChI=1S/C14H27N3O.ClH/c1-16-8-6-13(7-9-16)17(2)14(18)11-4-3-5-12(15)10-11;/h11-13H,3-10,15H2,1-2H3;1H. The fraction of sp³-hybridized carbons (Fsp3) is 0.929. The van der Waals surface area contributed by atoms with Crippen LogP contribution in [0.1, 0.15) is 38.5 Å². The van der Waals surface area contributed by atoms with Crippen LogP contribution in [0.2, 0.25) is 0 Å². The first-order valence-corrected chi connectivity index (χ1v) is 7.28. The van der Waals surface area contributed by atoms with Crippen molar-refractivity contribution in [2.45, 2.75) is 50.6 Å². The van der Waals surface area contributed by atoms with E-state index in [2.05, 4.69) is 11.9 Å². The Morgan fingerprint density at radius 2 is 1.84 bits per heavy atom. The predicted octanol–water partition coefficient (Wildman–Crippen LogP) is 1.48. The van der Waals surface area contributed by atoms with Crippen LogP contribution in [-0.4, -0.2) is 55.0 Å². The lowest BCUT2D eigenvalue weighted by molar-refractivity contribution is -0.138. The summed E-state index contributed by atoms with van der Waals surface area (Å²) < 4.78 is 0. The summed E-state index contributed by atoms with van der Waals surface area (Å²) in [5.41, 5.74) is 5.98. The van der Waals surface area contributed by atoms with E-state index < -0.39 is 0 Å². The molecule has 0 aromatic carbocycles. The lowest BCUT2D eigenvalue weighted by Crippen LogP contribution is -2.47. The first-order chi connectivity index (χ1) is 8.58. The van der Waals surface area contributed by atoms with Gasteiger partial charge in [-0.1, -0.05) is 6.42 Å². The molecule has 2 unspecified atom stereocenters. The van der Waals surface area contributed by atoms with E-state index in [1.165, 1.54) is 0 Å². The molecule has 1 saturated carbocycles. The van der Waals surface area contributed by atoms with Gasteiger partial charge >= 0.3 is 0 Å². The first kappa shape index (κ1) is 16.7. The minimum absolute atomic E-state index is 0. The zero-order valence-corrected chi connectivity index (χ0v) is 13.0. The maximum atomic E-state index is 12.5. The third-order valence-corrected chi connectivity index (χ3v) is 4.65. The van der Waals surface area contributed by atoms with Gasteiger partial charge in [0, 0.05) is 25.0 Å². The van der Waals surface area contributed by atoms with Gasteiger partial charge in [0.25, 0.3) is 0 Å². The molecule has 0 aromatic heterocycles. The van der Waals surface area contributed by atoms with Gasteiger partial charge in [0.15, 0.2) is 0 Å². The fourth-order valence-corrected chi connectivity index (χ4v) is 3.30. The molecule has 2 fully saturated rings. The van der Waals surface area contributed by atoms with Gasteiger partial charge in [-0.3, -0.25) is 4.79 Å². The van der Waals surface area contributed by atoms with Crippen molar-refractivity contribution in [1.29, 1.82) is 0 Å². The highest BCUT2D eigenvalue weighted by molar-refractivity contribution is 5.85. The van der Waals surface area contributed by atoms with E-state index in [0.717, 1.165) is 51.6 Å². The zero-order valence-electron chi connectivity index (χ0n) is 12.2. The maximum absolute atomic E-state index is 12.5. The average molecular weight is 290 g/mol. The Morgan fingerprint density at radius 3 is 2.42 bits per heavy atom. The molecular weight excluding hydrogens is 262 g/mol. The lowest BCUT2D eigenvalue weighted by atomic mass is 9.85. The summed E-state index contributed by atoms with van der Waals surface area (Å²) in [6.07, 6.45) is 6.33. The van der Waals surface area contributed by atoms with Crippen LogP contribution in [-0.2, 0) is 4.79 Å². The molecule has 1 aliphatic heterocycles. The number of rotatable bonds is 2. The highest BCUT2D eigenvalue weighted by Gasteiger charge is 2.31. The molecule has 1 aliphatic carbocycles. The number of nitrogens with zero attached hydrogens (tertiary/aromatic N) is 2. The molecule has 112 valence electrons. The molecule has 2 atom stereocenters. The summed E-state index contributed by atoms with van der Waals surface area (Å²) >= 11 is 0. The van der Waals surface area contributed by atoms with Gasteiger partial charge in [-0.2, -0.15) is 0 Å². The molecule has 1 saturated heterocycles. The summed E-state index contributed by atoms with van der Waals surface area (Å²) in [7, 11) is 4.14. The van der Waals surface area contributed by atoms with Crippen LogP contribution in [0.5, 0.6) is 0 Å². The van der Waals surface area contributed by atoms with E-state index >= 15 is 0 Å². The van der Waals surface area contributed by atoms with Gasteiger partial charge in [-0.25, -0.2) is 0 Å². The molecule has 0 radical (unpaired) electrons. The second-order valence-electron chi connectivity index (χ2n) is 6.11. The Labute approximate surface area is 123 Å². The Kier molecular flexibility index (Phi) is 6.57. The Hall–Kier alpha value is -0.320. The van der Waals surface area contributed by atoms with Crippen molar-refractivity contribution >= 4 is 18.3 Å². The fourth-order valence-electron chi connectivity index (χ4n) is 3.30. The van der Waals surface area contributed by atoms with Crippen molar-refractivity contribution < 1.29 is 4.79 Å². The number of halogens is 1. The molecule has 4 nitrogen and oxygen atoms in total. The minimum atomic E-state index is 0. The van der Waals surface area contributed by atoms with Crippen molar-refractivity contribution in [3.05, 3.63) is 0 Å². The molecule has 0 aromatic rings. The topological polar surface area (TPSA) is 49.6 Å². The molecule has 1 heterocycles. The normalized spacial score (nSPS) is 29.6. The molecule has 1 amide bonds. The van der Waals surface area contributed by atoms with Crippen molar-refractivity contribution in [2.24, 2.45) is 11.7 Å². The highest BCUT2D eigenvalue weighted by atomic mass is 35.5. The minimum Gasteiger partial charge on any atom is -0.342 e. The third-order valence-electron chi connectivity index (χ3n) is 4.65. The summed E-state index contributed by atoms with van der Waals surface area (Å²) in [6.45, 7) is 2.21. The molecule has 19 heavy (non-hydrogen) atoms. The van der Waals surface area contributed by atoms with Crippen molar-refractivity contribution in [2.75, 3.05) is 27.2 Å². The Bertz CT molecular complexity index is 292. The van der Waals surface area contributed by atoms with Crippen LogP contribution in [0, 0.1) is 5.92 Å². The summed E-state index contributed by atoms with van der Waals surface area (Å²) in [6, 6.07) is 0.672. The molecule has 2 N–H and O–H groups in total. The lowest BCUT2D eigenvalue weighted by Gasteiger charge is -2.38. The monoisotopic (exact) mass is 289 g/mol. The highest BCUT2D eigenvalue weighted by Crippen LogP contribution is 2.26. The second kappa shape index (κ2) is 7.46. The Morgan fingerprint density at radius 1 is 1.21 bits per heavy atom. The summed E-state index contributed by atoms with van der Waals surface area (Å²) in [4.78, 5) is 16.8. The molecular formula is C14H28ClN3O. The molecule has 0 bridgehead atoms. The first-order valence-electron chi connectivity index (χ1n) is 7.28. The van der Waals surface area contributed by atoms with Gasteiger partial charge in [0.2, 0.25) is 5.91 Å². The summed E-state index contributed by atoms with van der Waals surface area (Å²) in [5, 5.41) is 0. The van der Waals surface area contributed by atoms with Gasteiger partial charge in [0.05, 0.1) is 0 Å². The molecule has 0 spiro atoms. The molecule has 2 rings (SSSR count). The van der Waals surface area contributed by atoms with E-state index in [-0.39, 0.29) is 24.4 Å². The SMILES string of the molecule is CN1CCC(N(C)C(=O)C2CCCC(N)C2)CC1.Cl. The van der Waals surface area contributed by atoms with Gasteiger partial charge in [-0.15, -0.1) is 12.4 Å². The van der Waals surface area contributed by atoms with Crippen LogP contribution in [0.15, 0.2) is 0 Å². The van der Waals surface area contributed by atoms with E-state index in [1.807, 2.05) is 11.9 Å². The van der Waals surface area contributed by atoms with Crippen LogP contribution >= 0.6 is 12.4 Å². The number of likely N-dealkylation sites (tertiary alicyclic amines) is 1. The van der Waals surface area contributed by atoms with Gasteiger partial charge < -0.3 is 15.5 Å². The van der Waals surface area contributed by atoms with Crippen molar-refractivity contribution in [3.63, 3.8) is 0 Å². The zero-order chi connectivity index (χ0) is 13.1. The number of nitrogens with two attached hydrogens (primary N) is 1. The van der Waals surface area contributed by atoms with Crippen LogP contribution in [0.4, 0.5) is 0 Å². The largest absolute Gasteiger partial charge is 0.342 e. The second-order valence-corrected chi connectivity index (χ2v) is 6.11. The number of hydrogen-bond acceptors (Lipinski definition) is 3. The maximum Gasteiger partial charge on any atom is 0.225 e. The van der Waals surface area contributed by atoms with Crippen LogP contribution in [0.3, 0.4) is 0 Å². The number of carbonyl (C=O) groups excluding carboxylic acids is 1. The number of piperidine rings is 1. The number of carbonyl (C=O) groups is 1. The quantitative estimate of drug-likeness (QED) is 0.838. The van der Waals surface area contributed by atoms with Crippen LogP contribution in [0.25, 0.3) is 0 Å². The van der Waals surface area contributed by atoms with Gasteiger partial charge in [-0.05, 0) is 52.2 Å². The third kappa shape index (κ3) is 4.33. The van der Waals surface area contributed by atoms with E-state index in [1.54, 1.807) is 0 Å². The van der Waals surface area contributed by atoms with Crippen molar-refractivity contribution in [3.8, 4) is 0 Å². The smallest absolute Gasteiger partial charge is 0.225 e. The molecule has 5 heteroatoms. The Balaban J connectivity index is 0.00000180. The predicted molar refractivity (Wildman–Crippen MR) is 80.5 cm³/mol. The van der Waals surface area contributed by atoms with E-state index in [4.69, 9.17) is 5.73 Å². The van der Waals surface area contributed by atoms with Gasteiger partial charge in [0.1, 0.15) is 0 Å². The van der Waals surface area contributed by atoms with E-state index in [9.17, 15) is 4.79 Å².